The Bertz CT molecular complexity index is 332. The molecule has 1 aromatic rings. The fraction of sp³-hybridized carbons (Fsp3) is 0.500. The minimum absolute atomic E-state index is 0.604. The second-order valence-corrected chi connectivity index (χ2v) is 3.61. The number of imidazole rings is 1. The molecule has 0 aliphatic carbocycles. The van der Waals surface area contributed by atoms with Crippen molar-refractivity contribution >= 4 is 10.1 Å². The third kappa shape index (κ3) is 7.37. The van der Waals surface area contributed by atoms with Crippen molar-refractivity contribution in [3.63, 3.8) is 0 Å². The SMILES string of the molecule is COn1cc[n+](OC)c1.CS(=O)(=O)[O-]. The molecule has 14 heavy (non-hydrogen) atoms. The highest BCUT2D eigenvalue weighted by Crippen LogP contribution is 1.73. The Kier molecular flexibility index (Phi) is 4.95. The third-order valence-electron chi connectivity index (χ3n) is 1.01. The van der Waals surface area contributed by atoms with E-state index in [-0.39, 0.29) is 0 Å². The van der Waals surface area contributed by atoms with E-state index in [1.807, 2.05) is 0 Å². The van der Waals surface area contributed by atoms with Gasteiger partial charge in [-0.25, -0.2) is 8.42 Å². The Labute approximate surface area is 82.1 Å². The molecule has 0 aliphatic rings. The topological polar surface area (TPSA) is 84.5 Å². The van der Waals surface area contributed by atoms with Gasteiger partial charge in [-0.1, -0.05) is 0 Å². The van der Waals surface area contributed by atoms with E-state index in [4.69, 9.17) is 22.6 Å². The first-order valence-corrected chi connectivity index (χ1v) is 5.27. The summed E-state index contributed by atoms with van der Waals surface area (Å²) in [4.78, 5) is 9.62. The molecule has 0 saturated heterocycles. The van der Waals surface area contributed by atoms with Gasteiger partial charge in [-0.3, -0.25) is 0 Å². The molecule has 82 valence electrons. The summed E-state index contributed by atoms with van der Waals surface area (Å²) < 4.78 is 30.3. The lowest BCUT2D eigenvalue weighted by molar-refractivity contribution is -0.885. The first-order valence-electron chi connectivity index (χ1n) is 3.46. The molecule has 0 unspecified atom stereocenters. The van der Waals surface area contributed by atoms with Gasteiger partial charge in [0.15, 0.2) is 12.4 Å². The second kappa shape index (κ2) is 5.45. The van der Waals surface area contributed by atoms with Crippen molar-refractivity contribution in [1.29, 1.82) is 0 Å². The second-order valence-electron chi connectivity index (χ2n) is 2.20. The minimum atomic E-state index is -3.92. The summed E-state index contributed by atoms with van der Waals surface area (Å²) in [5.41, 5.74) is 0. The Morgan fingerprint density at radius 1 is 1.43 bits per heavy atom. The van der Waals surface area contributed by atoms with E-state index in [2.05, 4.69) is 0 Å². The lowest BCUT2D eigenvalue weighted by atomic mass is 11.0. The quantitative estimate of drug-likeness (QED) is 0.431. The minimum Gasteiger partial charge on any atom is -0.748 e. The zero-order chi connectivity index (χ0) is 11.2. The standard InChI is InChI=1S/C5H9N2O2.CH4O3S/c1-8-6-3-4-7(5-6)9-2;1-5(2,3)4/h3-5H,1-2H3;1H3,(H,2,3,4)/q+1;/p-1. The van der Waals surface area contributed by atoms with Crippen molar-refractivity contribution in [1.82, 2.24) is 4.73 Å². The Morgan fingerprint density at radius 2 is 1.93 bits per heavy atom. The van der Waals surface area contributed by atoms with Crippen LogP contribution in [0.15, 0.2) is 18.7 Å². The van der Waals surface area contributed by atoms with Gasteiger partial charge in [-0.15, -0.1) is 0 Å². The molecule has 0 saturated carbocycles. The maximum absolute atomic E-state index is 9.08. The molecular formula is C6H12N2O5S. The van der Waals surface area contributed by atoms with Crippen molar-refractivity contribution in [2.75, 3.05) is 20.5 Å². The molecule has 0 radical (unpaired) electrons. The molecule has 0 fully saturated rings. The van der Waals surface area contributed by atoms with Crippen LogP contribution < -0.4 is 14.4 Å². The Hall–Kier alpha value is -1.28. The molecule has 0 amide bonds. The van der Waals surface area contributed by atoms with Crippen molar-refractivity contribution < 1.29 is 27.4 Å². The van der Waals surface area contributed by atoms with Gasteiger partial charge in [-0.2, -0.15) is 0 Å². The molecule has 0 atom stereocenters. The molecule has 7 nitrogen and oxygen atoms in total. The van der Waals surface area contributed by atoms with Crippen LogP contribution in [0.4, 0.5) is 0 Å². The van der Waals surface area contributed by atoms with Crippen LogP contribution >= 0.6 is 0 Å². The van der Waals surface area contributed by atoms with E-state index < -0.39 is 10.1 Å². The van der Waals surface area contributed by atoms with Crippen LogP contribution in [0.5, 0.6) is 0 Å². The van der Waals surface area contributed by atoms with Gasteiger partial charge in [0, 0.05) is 6.26 Å². The summed E-state index contributed by atoms with van der Waals surface area (Å²) >= 11 is 0. The zero-order valence-corrected chi connectivity index (χ0v) is 8.89. The van der Waals surface area contributed by atoms with E-state index in [1.54, 1.807) is 32.9 Å². The van der Waals surface area contributed by atoms with Crippen molar-refractivity contribution in [3.8, 4) is 0 Å². The lowest BCUT2D eigenvalue weighted by Gasteiger charge is -1.90. The largest absolute Gasteiger partial charge is 0.748 e. The molecule has 0 N–H and O–H groups in total. The number of hydrogen-bond donors (Lipinski definition) is 0. The first-order chi connectivity index (χ1) is 6.36. The number of aromatic nitrogens is 2. The van der Waals surface area contributed by atoms with Crippen LogP contribution in [0, 0.1) is 0 Å². The van der Waals surface area contributed by atoms with E-state index in [9.17, 15) is 0 Å². The van der Waals surface area contributed by atoms with Gasteiger partial charge < -0.3 is 14.2 Å². The van der Waals surface area contributed by atoms with Crippen LogP contribution in [0.1, 0.15) is 0 Å². The van der Waals surface area contributed by atoms with Crippen LogP contribution in [0.3, 0.4) is 0 Å². The third-order valence-corrected chi connectivity index (χ3v) is 1.01. The summed E-state index contributed by atoms with van der Waals surface area (Å²) in [5, 5.41) is 0. The van der Waals surface area contributed by atoms with Crippen LogP contribution in [-0.2, 0) is 10.1 Å². The molecule has 0 bridgehead atoms. The van der Waals surface area contributed by atoms with Gasteiger partial charge in [0.25, 0.3) is 0 Å². The van der Waals surface area contributed by atoms with Gasteiger partial charge in [0.1, 0.15) is 14.2 Å². The fourth-order valence-electron chi connectivity index (χ4n) is 0.537. The van der Waals surface area contributed by atoms with Gasteiger partial charge >= 0.3 is 6.33 Å². The Morgan fingerprint density at radius 3 is 2.14 bits per heavy atom. The first kappa shape index (κ1) is 12.7. The summed E-state index contributed by atoms with van der Waals surface area (Å²) in [6, 6.07) is 0. The fourth-order valence-corrected chi connectivity index (χ4v) is 0.537. The van der Waals surface area contributed by atoms with Gasteiger partial charge in [0.2, 0.25) is 0 Å². The molecule has 0 aromatic carbocycles. The summed E-state index contributed by atoms with van der Waals surface area (Å²) in [7, 11) is -0.750. The lowest BCUT2D eigenvalue weighted by Crippen LogP contribution is -2.38. The molecular weight excluding hydrogens is 212 g/mol. The molecule has 8 heteroatoms. The predicted octanol–water partition coefficient (Wildman–Crippen LogP) is -1.95. The summed E-state index contributed by atoms with van der Waals surface area (Å²) in [6.07, 6.45) is 5.75. The van der Waals surface area contributed by atoms with E-state index in [0.717, 1.165) is 0 Å². The maximum Gasteiger partial charge on any atom is 0.323 e. The highest BCUT2D eigenvalue weighted by Gasteiger charge is 1.99. The van der Waals surface area contributed by atoms with Gasteiger partial charge in [0.05, 0.1) is 10.1 Å². The highest BCUT2D eigenvalue weighted by atomic mass is 32.2. The summed E-state index contributed by atoms with van der Waals surface area (Å²) in [5.74, 6) is 0. The van der Waals surface area contributed by atoms with Crippen LogP contribution in [0.25, 0.3) is 0 Å². The monoisotopic (exact) mass is 224 g/mol. The van der Waals surface area contributed by atoms with Crippen LogP contribution in [0.2, 0.25) is 0 Å². The smallest absolute Gasteiger partial charge is 0.323 e. The van der Waals surface area contributed by atoms with Crippen LogP contribution in [-0.4, -0.2) is 38.2 Å². The van der Waals surface area contributed by atoms with Gasteiger partial charge in [-0.05, 0) is 9.46 Å². The molecule has 1 rings (SSSR count). The molecule has 1 heterocycles. The highest BCUT2D eigenvalue weighted by molar-refractivity contribution is 7.84. The number of rotatable bonds is 2. The normalized spacial score (nSPS) is 10.0. The van der Waals surface area contributed by atoms with E-state index in [1.165, 1.54) is 9.46 Å². The molecule has 1 aromatic heterocycles. The van der Waals surface area contributed by atoms with Crippen molar-refractivity contribution in [2.45, 2.75) is 0 Å². The molecule has 0 aliphatic heterocycles. The average molecular weight is 224 g/mol. The predicted molar refractivity (Wildman–Crippen MR) is 45.3 cm³/mol. The molecule has 0 spiro atoms. The zero-order valence-electron chi connectivity index (χ0n) is 8.08. The van der Waals surface area contributed by atoms with Crippen molar-refractivity contribution in [2.24, 2.45) is 0 Å². The maximum atomic E-state index is 9.08. The van der Waals surface area contributed by atoms with E-state index >= 15 is 0 Å². The summed E-state index contributed by atoms with van der Waals surface area (Å²) in [6.45, 7) is 0. The number of nitrogens with zero attached hydrogens (tertiary/aromatic N) is 2. The average Bonchev–Trinajstić information content (AvgIpc) is 2.48. The Balaban J connectivity index is 0.000000292. The van der Waals surface area contributed by atoms with E-state index in [0.29, 0.717) is 6.26 Å². The van der Waals surface area contributed by atoms with Crippen molar-refractivity contribution in [3.05, 3.63) is 18.7 Å². The number of hydrogen-bond acceptors (Lipinski definition) is 5.